The zero-order valence-electron chi connectivity index (χ0n) is 25.2. The highest BCUT2D eigenvalue weighted by Crippen LogP contribution is 2.32. The summed E-state index contributed by atoms with van der Waals surface area (Å²) in [6.45, 7) is 0. The zero-order chi connectivity index (χ0) is 32.2. The SMILES string of the molecule is COc1ccc(NC(=O)CSc2ccc(NC(=O)/C(=C/c3cccc(OC)c3OC)NC(=O)c3ccccc3)cc2)c(OC)c1. The minimum Gasteiger partial charge on any atom is -0.497 e. The van der Waals surface area contributed by atoms with Gasteiger partial charge in [-0.25, -0.2) is 0 Å². The molecule has 10 nitrogen and oxygen atoms in total. The molecule has 0 aromatic heterocycles. The Labute approximate surface area is 265 Å². The average Bonchev–Trinajstić information content (AvgIpc) is 3.07. The number of para-hydroxylation sites is 1. The van der Waals surface area contributed by atoms with Crippen LogP contribution in [0.4, 0.5) is 11.4 Å². The summed E-state index contributed by atoms with van der Waals surface area (Å²) >= 11 is 1.33. The molecule has 0 saturated carbocycles. The monoisotopic (exact) mass is 627 g/mol. The highest BCUT2D eigenvalue weighted by molar-refractivity contribution is 8.00. The molecule has 0 aliphatic rings. The Morgan fingerprint density at radius 2 is 1.47 bits per heavy atom. The van der Waals surface area contributed by atoms with Gasteiger partial charge in [-0.3, -0.25) is 14.4 Å². The third kappa shape index (κ3) is 8.80. The van der Waals surface area contributed by atoms with Crippen molar-refractivity contribution in [3.63, 3.8) is 0 Å². The number of anilines is 2. The minimum absolute atomic E-state index is 0.000473. The van der Waals surface area contributed by atoms with Crippen LogP contribution in [0.1, 0.15) is 15.9 Å². The maximum Gasteiger partial charge on any atom is 0.272 e. The molecule has 0 fully saturated rings. The van der Waals surface area contributed by atoms with Gasteiger partial charge in [0.05, 0.1) is 39.9 Å². The lowest BCUT2D eigenvalue weighted by Crippen LogP contribution is -2.30. The molecule has 4 aromatic carbocycles. The fourth-order valence-corrected chi connectivity index (χ4v) is 4.89. The molecule has 232 valence electrons. The highest BCUT2D eigenvalue weighted by Gasteiger charge is 2.18. The summed E-state index contributed by atoms with van der Waals surface area (Å²) in [7, 11) is 6.09. The maximum atomic E-state index is 13.5. The summed E-state index contributed by atoms with van der Waals surface area (Å²) in [6.07, 6.45) is 1.53. The Kier molecular flexibility index (Phi) is 11.5. The van der Waals surface area contributed by atoms with E-state index in [2.05, 4.69) is 16.0 Å². The smallest absolute Gasteiger partial charge is 0.272 e. The van der Waals surface area contributed by atoms with Crippen LogP contribution in [0.5, 0.6) is 23.0 Å². The molecule has 4 aromatic rings. The number of carbonyl (C=O) groups is 3. The van der Waals surface area contributed by atoms with Crippen molar-refractivity contribution in [2.24, 2.45) is 0 Å². The van der Waals surface area contributed by atoms with Gasteiger partial charge < -0.3 is 34.9 Å². The Morgan fingerprint density at radius 3 is 2.13 bits per heavy atom. The van der Waals surface area contributed by atoms with E-state index in [0.29, 0.717) is 45.5 Å². The molecule has 11 heteroatoms. The van der Waals surface area contributed by atoms with Gasteiger partial charge in [0, 0.05) is 27.8 Å². The largest absolute Gasteiger partial charge is 0.497 e. The molecule has 45 heavy (non-hydrogen) atoms. The first-order valence-electron chi connectivity index (χ1n) is 13.7. The fourth-order valence-electron chi connectivity index (χ4n) is 4.19. The number of benzene rings is 4. The summed E-state index contributed by atoms with van der Waals surface area (Å²) < 4.78 is 21.4. The number of hydrogen-bond donors (Lipinski definition) is 3. The number of methoxy groups -OCH3 is 4. The van der Waals surface area contributed by atoms with E-state index in [-0.39, 0.29) is 17.4 Å². The second-order valence-corrected chi connectivity index (χ2v) is 10.4. The quantitative estimate of drug-likeness (QED) is 0.124. The van der Waals surface area contributed by atoms with E-state index in [0.717, 1.165) is 4.90 Å². The number of nitrogens with one attached hydrogen (secondary N) is 3. The molecule has 0 saturated heterocycles. The van der Waals surface area contributed by atoms with E-state index in [1.54, 1.807) is 98.1 Å². The second-order valence-electron chi connectivity index (χ2n) is 9.34. The second kappa shape index (κ2) is 15.9. The first-order chi connectivity index (χ1) is 21.8. The first-order valence-corrected chi connectivity index (χ1v) is 14.7. The van der Waals surface area contributed by atoms with Crippen LogP contribution in [0, 0.1) is 0 Å². The number of hydrogen-bond acceptors (Lipinski definition) is 8. The number of ether oxygens (including phenoxy) is 4. The summed E-state index contributed by atoms with van der Waals surface area (Å²) in [5.41, 5.74) is 1.96. The summed E-state index contributed by atoms with van der Waals surface area (Å²) in [4.78, 5) is 39.9. The van der Waals surface area contributed by atoms with Crippen LogP contribution in [-0.4, -0.2) is 51.9 Å². The molecule has 0 radical (unpaired) electrons. The van der Waals surface area contributed by atoms with Crippen molar-refractivity contribution in [2.45, 2.75) is 4.90 Å². The van der Waals surface area contributed by atoms with Crippen LogP contribution in [0.25, 0.3) is 6.08 Å². The van der Waals surface area contributed by atoms with E-state index in [4.69, 9.17) is 18.9 Å². The van der Waals surface area contributed by atoms with Crippen molar-refractivity contribution in [3.05, 3.63) is 108 Å². The predicted molar refractivity (Wildman–Crippen MR) is 175 cm³/mol. The van der Waals surface area contributed by atoms with E-state index in [1.807, 2.05) is 0 Å². The lowest BCUT2D eigenvalue weighted by molar-refractivity contribution is -0.114. The van der Waals surface area contributed by atoms with Crippen molar-refractivity contribution in [2.75, 3.05) is 44.8 Å². The van der Waals surface area contributed by atoms with E-state index < -0.39 is 11.8 Å². The van der Waals surface area contributed by atoms with Crippen LogP contribution in [0.15, 0.2) is 102 Å². The third-order valence-corrected chi connectivity index (χ3v) is 7.44. The molecule has 4 rings (SSSR count). The molecule has 0 unspecified atom stereocenters. The van der Waals surface area contributed by atoms with Crippen molar-refractivity contribution >= 4 is 46.9 Å². The fraction of sp³-hybridized carbons (Fsp3) is 0.147. The first kappa shape index (κ1) is 32.5. The molecule has 0 aliphatic carbocycles. The van der Waals surface area contributed by atoms with E-state index >= 15 is 0 Å². The molecular formula is C34H33N3O7S. The molecule has 0 atom stereocenters. The molecule has 0 spiro atoms. The van der Waals surface area contributed by atoms with Crippen molar-refractivity contribution in [3.8, 4) is 23.0 Å². The summed E-state index contributed by atoms with van der Waals surface area (Å²) in [5, 5.41) is 8.38. The number of thioether (sulfide) groups is 1. The number of rotatable bonds is 13. The Hall–Kier alpha value is -5.42. The van der Waals surface area contributed by atoms with Crippen LogP contribution >= 0.6 is 11.8 Å². The van der Waals surface area contributed by atoms with Gasteiger partial charge in [-0.15, -0.1) is 11.8 Å². The lowest BCUT2D eigenvalue weighted by Gasteiger charge is -2.14. The molecule has 0 heterocycles. The van der Waals surface area contributed by atoms with Gasteiger partial charge in [0.1, 0.15) is 17.2 Å². The average molecular weight is 628 g/mol. The summed E-state index contributed by atoms with van der Waals surface area (Å²) in [5.74, 6) is 0.951. The van der Waals surface area contributed by atoms with Crippen molar-refractivity contribution in [1.82, 2.24) is 5.32 Å². The third-order valence-electron chi connectivity index (χ3n) is 6.43. The van der Waals surface area contributed by atoms with Gasteiger partial charge in [-0.05, 0) is 60.7 Å². The Balaban J connectivity index is 1.45. The van der Waals surface area contributed by atoms with Gasteiger partial charge in [-0.2, -0.15) is 0 Å². The zero-order valence-corrected chi connectivity index (χ0v) is 26.0. The highest BCUT2D eigenvalue weighted by atomic mass is 32.2. The van der Waals surface area contributed by atoms with Gasteiger partial charge in [0.15, 0.2) is 11.5 Å². The standard InChI is InChI=1S/C34H33N3O7S/c1-41-25-15-18-27(30(20-25)43-3)36-31(38)21-45-26-16-13-24(14-17-26)35-34(40)28(37-33(39)22-9-6-5-7-10-22)19-23-11-8-12-29(42-2)32(23)44-4/h5-20H,21H2,1-4H3,(H,35,40)(H,36,38)(H,37,39)/b28-19-. The van der Waals surface area contributed by atoms with Gasteiger partial charge in [0.25, 0.3) is 11.8 Å². The van der Waals surface area contributed by atoms with Gasteiger partial charge in [-0.1, -0.05) is 30.3 Å². The topological polar surface area (TPSA) is 124 Å². The normalized spacial score (nSPS) is 10.8. The molecular weight excluding hydrogens is 594 g/mol. The number of amides is 3. The summed E-state index contributed by atoms with van der Waals surface area (Å²) in [6, 6.07) is 26.0. The molecule has 0 aliphatic heterocycles. The van der Waals surface area contributed by atoms with Gasteiger partial charge >= 0.3 is 0 Å². The van der Waals surface area contributed by atoms with E-state index in [1.165, 1.54) is 39.2 Å². The minimum atomic E-state index is -0.544. The van der Waals surface area contributed by atoms with Crippen LogP contribution in [-0.2, 0) is 9.59 Å². The molecule has 3 amide bonds. The predicted octanol–water partition coefficient (Wildman–Crippen LogP) is 5.86. The maximum absolute atomic E-state index is 13.5. The lowest BCUT2D eigenvalue weighted by atomic mass is 10.1. The van der Waals surface area contributed by atoms with Gasteiger partial charge in [0.2, 0.25) is 5.91 Å². The van der Waals surface area contributed by atoms with Crippen LogP contribution < -0.4 is 34.9 Å². The molecule has 3 N–H and O–H groups in total. The molecule has 0 bridgehead atoms. The van der Waals surface area contributed by atoms with Crippen molar-refractivity contribution in [1.29, 1.82) is 0 Å². The Bertz CT molecular complexity index is 1680. The van der Waals surface area contributed by atoms with Crippen LogP contribution in [0.2, 0.25) is 0 Å². The van der Waals surface area contributed by atoms with Crippen LogP contribution in [0.3, 0.4) is 0 Å². The van der Waals surface area contributed by atoms with E-state index in [9.17, 15) is 14.4 Å². The van der Waals surface area contributed by atoms with Crippen molar-refractivity contribution < 1.29 is 33.3 Å². The number of carbonyl (C=O) groups excluding carboxylic acids is 3. The Morgan fingerprint density at radius 1 is 0.733 bits per heavy atom.